The van der Waals surface area contributed by atoms with Crippen LogP contribution in [-0.2, 0) is 9.09 Å². The van der Waals surface area contributed by atoms with Crippen molar-refractivity contribution in [1.82, 2.24) is 9.97 Å². The normalized spacial score (nSPS) is 16.1. The molecule has 0 radical (unpaired) electrons. The molecule has 36 heavy (non-hydrogen) atoms. The summed E-state index contributed by atoms with van der Waals surface area (Å²) in [6.07, 6.45) is -4.59. The number of H-pyrrole nitrogens is 2. The van der Waals surface area contributed by atoms with Gasteiger partial charge in [-0.15, -0.1) is 0 Å². The first-order chi connectivity index (χ1) is 16.7. The van der Waals surface area contributed by atoms with Crippen molar-refractivity contribution in [2.75, 3.05) is 29.5 Å². The van der Waals surface area contributed by atoms with E-state index in [-0.39, 0.29) is 18.1 Å². The molecule has 0 spiro atoms. The summed E-state index contributed by atoms with van der Waals surface area (Å²) < 4.78 is 15.1. The van der Waals surface area contributed by atoms with Gasteiger partial charge in [-0.25, -0.2) is 9.36 Å². The van der Waals surface area contributed by atoms with Crippen LogP contribution in [0.1, 0.15) is 31.4 Å². The van der Waals surface area contributed by atoms with Crippen molar-refractivity contribution in [1.29, 1.82) is 0 Å². The fourth-order valence-corrected chi connectivity index (χ4v) is 4.35. The second-order valence-electron chi connectivity index (χ2n) is 9.39. The molecule has 7 N–H and O–H groups in total. The highest BCUT2D eigenvalue weighted by atomic mass is 31.2. The lowest BCUT2D eigenvalue weighted by molar-refractivity contribution is -0.0717. The Labute approximate surface area is 207 Å². The minimum atomic E-state index is -4.90. The lowest BCUT2D eigenvalue weighted by atomic mass is 10.0. The molecule has 1 aromatic carbocycles. The molecule has 0 saturated heterocycles. The molecule has 200 valence electrons. The van der Waals surface area contributed by atoms with Crippen LogP contribution in [0.25, 0.3) is 0 Å². The number of aliphatic hydroxyl groups is 3. The molecule has 0 aliphatic carbocycles. The molecule has 2 aromatic rings. The number of aliphatic hydroxyl groups excluding tert-OH is 3. The first-order valence-electron chi connectivity index (χ1n) is 11.5. The molecule has 13 nitrogen and oxygen atoms in total. The molecule has 1 aromatic heterocycles. The number of rotatable bonds is 10. The minimum Gasteiger partial charge on any atom is -0.388 e. The van der Waals surface area contributed by atoms with Crippen LogP contribution in [0.3, 0.4) is 0 Å². The monoisotopic (exact) mass is 528 g/mol. The van der Waals surface area contributed by atoms with Crippen LogP contribution >= 0.6 is 7.82 Å². The number of hydrogen-bond donors (Lipinski definition) is 7. The molecule has 0 saturated carbocycles. The van der Waals surface area contributed by atoms with Crippen LogP contribution in [0.5, 0.6) is 0 Å². The largest absolute Gasteiger partial charge is 0.469 e. The van der Waals surface area contributed by atoms with Gasteiger partial charge in [-0.3, -0.25) is 19.3 Å². The quantitative estimate of drug-likeness (QED) is 0.212. The molecular formula is C22H33N4O9P. The Balaban J connectivity index is 2.06. The van der Waals surface area contributed by atoms with Gasteiger partial charge in [-0.1, -0.05) is 13.8 Å². The first kappa shape index (κ1) is 28.1. The Kier molecular flexibility index (Phi) is 8.46. The molecule has 1 aliphatic heterocycles. The Morgan fingerprint density at radius 1 is 0.972 bits per heavy atom. The zero-order chi connectivity index (χ0) is 26.9. The molecule has 3 rings (SSSR count). The summed E-state index contributed by atoms with van der Waals surface area (Å²) in [7, 11) is -4.90. The van der Waals surface area contributed by atoms with E-state index >= 15 is 0 Å². The maximum absolute atomic E-state index is 13.0. The van der Waals surface area contributed by atoms with Gasteiger partial charge in [0.1, 0.15) is 29.8 Å². The van der Waals surface area contributed by atoms with Crippen LogP contribution < -0.4 is 21.0 Å². The second kappa shape index (κ2) is 10.9. The predicted molar refractivity (Wildman–Crippen MR) is 133 cm³/mol. The molecule has 0 amide bonds. The van der Waals surface area contributed by atoms with Crippen molar-refractivity contribution in [2.45, 2.75) is 52.4 Å². The summed E-state index contributed by atoms with van der Waals surface area (Å²) in [4.78, 5) is 51.0. The number of nitrogens with zero attached hydrogens (tertiary/aromatic N) is 2. The number of aromatic amines is 2. The topological polar surface area (TPSA) is 200 Å². The van der Waals surface area contributed by atoms with E-state index in [9.17, 15) is 29.5 Å². The fraction of sp³-hybridized carbons (Fsp3) is 0.545. The summed E-state index contributed by atoms with van der Waals surface area (Å²) in [5.41, 5.74) is 1.86. The number of fused-ring (bicyclic) bond motifs is 2. The van der Waals surface area contributed by atoms with Crippen molar-refractivity contribution in [3.8, 4) is 0 Å². The fourth-order valence-electron chi connectivity index (χ4n) is 4.01. The molecule has 0 unspecified atom stereocenters. The van der Waals surface area contributed by atoms with E-state index in [1.807, 2.05) is 30.9 Å². The van der Waals surface area contributed by atoms with E-state index in [1.165, 1.54) is 4.90 Å². The van der Waals surface area contributed by atoms with Gasteiger partial charge in [-0.2, -0.15) is 0 Å². The number of aryl methyl sites for hydroxylation is 2. The van der Waals surface area contributed by atoms with Gasteiger partial charge in [-0.05, 0) is 49.4 Å². The summed E-state index contributed by atoms with van der Waals surface area (Å²) in [6.45, 7) is 7.10. The van der Waals surface area contributed by atoms with E-state index in [2.05, 4.69) is 28.3 Å². The zero-order valence-electron chi connectivity index (χ0n) is 20.5. The van der Waals surface area contributed by atoms with Gasteiger partial charge < -0.3 is 34.9 Å². The standard InChI is InChI=1S/C22H33N4O9P/c1-11(2)5-6-25-14-7-12(3)13(4)8-15(14)26(20-18(25)21(30)24-22(31)23-20)9-16(27)19(29)17(28)10-35-36(32,33)34/h7-8,11,16-17,19,27-29H,5-6,9-10H2,1-4H3,(H2,32,33,34)(H2,23,24,30,31)/t16-,17+,19-/m0/s1. The molecular weight excluding hydrogens is 495 g/mol. The summed E-state index contributed by atoms with van der Waals surface area (Å²) in [5, 5.41) is 31.2. The highest BCUT2D eigenvalue weighted by Crippen LogP contribution is 2.46. The number of aromatic nitrogens is 2. The van der Waals surface area contributed by atoms with Gasteiger partial charge >= 0.3 is 13.5 Å². The number of anilines is 4. The van der Waals surface area contributed by atoms with Crippen molar-refractivity contribution in [3.63, 3.8) is 0 Å². The van der Waals surface area contributed by atoms with Crippen molar-refractivity contribution in [2.24, 2.45) is 5.92 Å². The van der Waals surface area contributed by atoms with Crippen LogP contribution in [0.4, 0.5) is 22.9 Å². The van der Waals surface area contributed by atoms with E-state index in [1.54, 1.807) is 0 Å². The molecule has 0 fully saturated rings. The number of phosphoric acid groups is 1. The van der Waals surface area contributed by atoms with Crippen LogP contribution in [-0.4, -0.2) is 73.1 Å². The van der Waals surface area contributed by atoms with Crippen molar-refractivity contribution >= 4 is 30.7 Å². The molecule has 0 bridgehead atoms. The summed E-state index contributed by atoms with van der Waals surface area (Å²) in [5.74, 6) is 0.438. The number of phosphoric ester groups is 1. The number of β-amino-alcohol motifs (C(OH)–C–C–N with tert-alkyl or cyclic N) is 1. The molecule has 2 heterocycles. The Morgan fingerprint density at radius 3 is 2.11 bits per heavy atom. The highest BCUT2D eigenvalue weighted by molar-refractivity contribution is 7.46. The average Bonchev–Trinajstić information content (AvgIpc) is 2.77. The number of nitrogens with one attached hydrogen (secondary N) is 2. The number of hydrogen-bond acceptors (Lipinski definition) is 9. The smallest absolute Gasteiger partial charge is 0.388 e. The molecule has 3 atom stereocenters. The minimum absolute atomic E-state index is 0.107. The van der Waals surface area contributed by atoms with Gasteiger partial charge in [0.15, 0.2) is 0 Å². The Bertz CT molecular complexity index is 1260. The maximum Gasteiger partial charge on any atom is 0.469 e. The highest BCUT2D eigenvalue weighted by Gasteiger charge is 2.36. The first-order valence-corrected chi connectivity index (χ1v) is 13.0. The third-order valence-electron chi connectivity index (χ3n) is 6.11. The van der Waals surface area contributed by atoms with E-state index in [0.29, 0.717) is 23.8 Å². The van der Waals surface area contributed by atoms with Crippen molar-refractivity contribution < 1.29 is 34.2 Å². The van der Waals surface area contributed by atoms with Gasteiger partial charge in [0.25, 0.3) is 5.56 Å². The Hall–Kier alpha value is -2.51. The van der Waals surface area contributed by atoms with E-state index in [4.69, 9.17) is 9.79 Å². The molecule has 14 heteroatoms. The predicted octanol–water partition coefficient (Wildman–Crippen LogP) is 0.508. The third kappa shape index (κ3) is 6.24. The van der Waals surface area contributed by atoms with Gasteiger partial charge in [0, 0.05) is 6.54 Å². The van der Waals surface area contributed by atoms with E-state index in [0.717, 1.165) is 17.5 Å². The zero-order valence-corrected chi connectivity index (χ0v) is 21.4. The lowest BCUT2D eigenvalue weighted by Crippen LogP contribution is -2.47. The average molecular weight is 528 g/mol. The Morgan fingerprint density at radius 2 is 1.56 bits per heavy atom. The van der Waals surface area contributed by atoms with Crippen LogP contribution in [0.15, 0.2) is 21.7 Å². The third-order valence-corrected chi connectivity index (χ3v) is 6.60. The van der Waals surface area contributed by atoms with Gasteiger partial charge in [0.05, 0.1) is 24.5 Å². The van der Waals surface area contributed by atoms with E-state index < -0.39 is 44.0 Å². The van der Waals surface area contributed by atoms with Crippen LogP contribution in [0, 0.1) is 19.8 Å². The summed E-state index contributed by atoms with van der Waals surface area (Å²) in [6, 6.07) is 3.74. The molecule has 1 aliphatic rings. The van der Waals surface area contributed by atoms with Crippen LogP contribution in [0.2, 0.25) is 0 Å². The lowest BCUT2D eigenvalue weighted by Gasteiger charge is -2.41. The van der Waals surface area contributed by atoms with Gasteiger partial charge in [0.2, 0.25) is 0 Å². The summed E-state index contributed by atoms with van der Waals surface area (Å²) >= 11 is 0. The second-order valence-corrected chi connectivity index (χ2v) is 10.6. The number of benzene rings is 1. The van der Waals surface area contributed by atoms with Crippen molar-refractivity contribution in [3.05, 3.63) is 44.1 Å². The SMILES string of the molecule is Cc1cc2c(cc1C)N(CCC(C)C)c1c([nH]c(=O)[nH]c1=O)N2C[C@H](O)[C@H](O)[C@H](O)COP(=O)(O)O. The maximum atomic E-state index is 13.0.